The molecule has 1 aliphatic heterocycles. The Morgan fingerprint density at radius 2 is 1.91 bits per heavy atom. The Balaban J connectivity index is 1.62. The molecule has 4 rings (SSSR count). The molecular weight excluding hydrogens is 480 g/mol. The quantitative estimate of drug-likeness (QED) is 0.425. The maximum atomic E-state index is 12.9. The molecular formula is C24H17ClN2O6S. The van der Waals surface area contributed by atoms with Gasteiger partial charge >= 0.3 is 11.9 Å². The molecule has 2 N–H and O–H groups in total. The Morgan fingerprint density at radius 1 is 1.12 bits per heavy atom. The number of hydrogen-bond acceptors (Lipinski definition) is 6. The second kappa shape index (κ2) is 9.58. The number of carboxylic acid groups (broad SMARTS) is 2. The van der Waals surface area contributed by atoms with Gasteiger partial charge in [0.2, 0.25) is 0 Å². The Bertz CT molecular complexity index is 1380. The lowest BCUT2D eigenvalue weighted by Crippen LogP contribution is -2.28. The van der Waals surface area contributed by atoms with Crippen molar-refractivity contribution in [2.24, 2.45) is 4.99 Å². The highest BCUT2D eigenvalue weighted by Crippen LogP contribution is 2.35. The smallest absolute Gasteiger partial charge is 0.337 e. The van der Waals surface area contributed by atoms with Gasteiger partial charge in [-0.3, -0.25) is 9.69 Å². The molecule has 2 heterocycles. The lowest BCUT2D eigenvalue weighted by Gasteiger charge is -2.12. The molecule has 1 fully saturated rings. The molecule has 0 saturated carbocycles. The van der Waals surface area contributed by atoms with Gasteiger partial charge in [-0.25, -0.2) is 14.6 Å². The number of thioether (sulfide) groups is 1. The highest BCUT2D eigenvalue weighted by Gasteiger charge is 2.32. The molecule has 1 aromatic heterocycles. The van der Waals surface area contributed by atoms with Gasteiger partial charge in [0.15, 0.2) is 5.17 Å². The molecule has 10 heteroatoms. The van der Waals surface area contributed by atoms with E-state index in [2.05, 4.69) is 4.99 Å². The molecule has 0 spiro atoms. The first-order valence-electron chi connectivity index (χ1n) is 10.0. The molecule has 2 aromatic carbocycles. The van der Waals surface area contributed by atoms with E-state index in [-0.39, 0.29) is 22.1 Å². The molecule has 0 radical (unpaired) electrons. The maximum absolute atomic E-state index is 12.9. The lowest BCUT2D eigenvalue weighted by atomic mass is 10.1. The van der Waals surface area contributed by atoms with Gasteiger partial charge in [0.25, 0.3) is 5.91 Å². The van der Waals surface area contributed by atoms with Crippen LogP contribution in [-0.4, -0.2) is 44.7 Å². The number of rotatable bonds is 6. The standard InChI is InChI=1S/C24H17ClN2O6S/c1-2-27-21(28)20(34-24(27)26-15-5-3-4-14(10-15)22(29)30)12-16-7-9-19(33-16)13-6-8-18(25)17(11-13)23(31)32/h3-12H,2H2,1H3,(H,29,30)(H,31,32). The van der Waals surface area contributed by atoms with Gasteiger partial charge in [0, 0.05) is 18.2 Å². The third-order valence-corrected chi connectivity index (χ3v) is 6.24. The fourth-order valence-electron chi connectivity index (χ4n) is 3.25. The summed E-state index contributed by atoms with van der Waals surface area (Å²) < 4.78 is 5.82. The van der Waals surface area contributed by atoms with E-state index in [4.69, 9.17) is 16.0 Å². The van der Waals surface area contributed by atoms with Crippen molar-refractivity contribution in [3.63, 3.8) is 0 Å². The Kier molecular flexibility index (Phi) is 6.58. The van der Waals surface area contributed by atoms with Crippen molar-refractivity contribution in [3.8, 4) is 11.3 Å². The van der Waals surface area contributed by atoms with Crippen LogP contribution in [0.15, 0.2) is 68.9 Å². The number of amidine groups is 1. The average molecular weight is 497 g/mol. The fraction of sp³-hybridized carbons (Fsp3) is 0.0833. The molecule has 1 saturated heterocycles. The number of hydrogen-bond donors (Lipinski definition) is 2. The number of nitrogens with zero attached hydrogens (tertiary/aromatic N) is 2. The highest BCUT2D eigenvalue weighted by atomic mass is 35.5. The summed E-state index contributed by atoms with van der Waals surface area (Å²) in [7, 11) is 0. The number of carbonyl (C=O) groups excluding carboxylic acids is 1. The highest BCUT2D eigenvalue weighted by molar-refractivity contribution is 8.18. The van der Waals surface area contributed by atoms with Crippen LogP contribution < -0.4 is 0 Å². The lowest BCUT2D eigenvalue weighted by molar-refractivity contribution is -0.122. The Labute approximate surface area is 203 Å². The van der Waals surface area contributed by atoms with Crippen molar-refractivity contribution in [1.82, 2.24) is 4.90 Å². The third kappa shape index (κ3) is 4.75. The van der Waals surface area contributed by atoms with Crippen molar-refractivity contribution >= 4 is 58.1 Å². The predicted octanol–water partition coefficient (Wildman–Crippen LogP) is 5.62. The largest absolute Gasteiger partial charge is 0.478 e. The van der Waals surface area contributed by atoms with Crippen molar-refractivity contribution < 1.29 is 29.0 Å². The Morgan fingerprint density at radius 3 is 2.62 bits per heavy atom. The minimum Gasteiger partial charge on any atom is -0.478 e. The summed E-state index contributed by atoms with van der Waals surface area (Å²) in [6.07, 6.45) is 1.59. The first kappa shape index (κ1) is 23.3. The second-order valence-corrected chi connectivity index (χ2v) is 8.53. The number of aliphatic imine (C=N–C) groups is 1. The van der Waals surface area contributed by atoms with E-state index in [0.29, 0.717) is 39.4 Å². The van der Waals surface area contributed by atoms with Crippen molar-refractivity contribution in [3.05, 3.63) is 81.4 Å². The summed E-state index contributed by atoms with van der Waals surface area (Å²) in [4.78, 5) is 41.8. The minimum atomic E-state index is -1.14. The summed E-state index contributed by atoms with van der Waals surface area (Å²) in [5.74, 6) is -1.63. The van der Waals surface area contributed by atoms with Crippen molar-refractivity contribution in [2.75, 3.05) is 6.54 Å². The van der Waals surface area contributed by atoms with E-state index in [9.17, 15) is 24.6 Å². The zero-order chi connectivity index (χ0) is 24.4. The van der Waals surface area contributed by atoms with Gasteiger partial charge < -0.3 is 14.6 Å². The topological polar surface area (TPSA) is 120 Å². The normalized spacial score (nSPS) is 15.9. The van der Waals surface area contributed by atoms with Crippen LogP contribution in [0, 0.1) is 0 Å². The molecule has 0 aliphatic carbocycles. The predicted molar refractivity (Wildman–Crippen MR) is 130 cm³/mol. The third-order valence-electron chi connectivity index (χ3n) is 4.90. The molecule has 0 unspecified atom stereocenters. The number of likely N-dealkylation sites (N-methyl/N-ethyl adjacent to an activating group) is 1. The van der Waals surface area contributed by atoms with Crippen molar-refractivity contribution in [1.29, 1.82) is 0 Å². The average Bonchev–Trinajstić information content (AvgIpc) is 3.38. The minimum absolute atomic E-state index is 0.0385. The first-order valence-corrected chi connectivity index (χ1v) is 11.2. The van der Waals surface area contributed by atoms with E-state index >= 15 is 0 Å². The molecule has 8 nitrogen and oxygen atoms in total. The number of furan rings is 1. The molecule has 34 heavy (non-hydrogen) atoms. The van der Waals surface area contributed by atoms with E-state index in [1.54, 1.807) is 36.4 Å². The van der Waals surface area contributed by atoms with E-state index in [1.165, 1.54) is 29.2 Å². The van der Waals surface area contributed by atoms with Gasteiger partial charge in [-0.15, -0.1) is 0 Å². The van der Waals surface area contributed by atoms with E-state index in [0.717, 1.165) is 11.8 Å². The van der Waals surface area contributed by atoms with E-state index < -0.39 is 11.9 Å². The zero-order valence-corrected chi connectivity index (χ0v) is 19.3. The number of carboxylic acids is 2. The molecule has 1 amide bonds. The molecule has 172 valence electrons. The van der Waals surface area contributed by atoms with Crippen LogP contribution in [0.3, 0.4) is 0 Å². The SMILES string of the molecule is CCN1C(=O)C(=Cc2ccc(-c3ccc(Cl)c(C(=O)O)c3)o2)SC1=Nc1cccc(C(=O)O)c1. The summed E-state index contributed by atoms with van der Waals surface area (Å²) >= 11 is 7.08. The zero-order valence-electron chi connectivity index (χ0n) is 17.7. The fourth-order valence-corrected chi connectivity index (χ4v) is 4.49. The van der Waals surface area contributed by atoms with Crippen LogP contribution in [0.25, 0.3) is 17.4 Å². The number of aromatic carboxylic acids is 2. The molecule has 0 bridgehead atoms. The summed E-state index contributed by atoms with van der Waals surface area (Å²) in [6.45, 7) is 2.20. The van der Waals surface area contributed by atoms with Gasteiger partial charge in [-0.05, 0) is 67.2 Å². The van der Waals surface area contributed by atoms with Crippen LogP contribution in [-0.2, 0) is 4.79 Å². The van der Waals surface area contributed by atoms with Gasteiger partial charge in [0.05, 0.1) is 26.7 Å². The Hall–Kier alpha value is -3.82. The summed E-state index contributed by atoms with van der Waals surface area (Å²) in [5.41, 5.74) is 1.02. The summed E-state index contributed by atoms with van der Waals surface area (Å²) in [6, 6.07) is 14.1. The van der Waals surface area contributed by atoms with Gasteiger partial charge in [0.1, 0.15) is 11.5 Å². The monoisotopic (exact) mass is 496 g/mol. The van der Waals surface area contributed by atoms with Crippen LogP contribution in [0.5, 0.6) is 0 Å². The van der Waals surface area contributed by atoms with Crippen molar-refractivity contribution in [2.45, 2.75) is 6.92 Å². The van der Waals surface area contributed by atoms with Crippen LogP contribution >= 0.6 is 23.4 Å². The molecule has 0 atom stereocenters. The summed E-state index contributed by atoms with van der Waals surface area (Å²) in [5, 5.41) is 19.0. The molecule has 1 aliphatic rings. The second-order valence-electron chi connectivity index (χ2n) is 7.11. The molecule has 3 aromatic rings. The van der Waals surface area contributed by atoms with E-state index in [1.807, 2.05) is 6.92 Å². The van der Waals surface area contributed by atoms with Gasteiger partial charge in [-0.2, -0.15) is 0 Å². The number of benzene rings is 2. The van der Waals surface area contributed by atoms with Crippen LogP contribution in [0.1, 0.15) is 33.4 Å². The maximum Gasteiger partial charge on any atom is 0.337 e. The van der Waals surface area contributed by atoms with Crippen LogP contribution in [0.2, 0.25) is 5.02 Å². The number of halogens is 1. The number of amides is 1. The van der Waals surface area contributed by atoms with Gasteiger partial charge in [-0.1, -0.05) is 17.7 Å². The number of carbonyl (C=O) groups is 3. The first-order chi connectivity index (χ1) is 16.3. The van der Waals surface area contributed by atoms with Crippen LogP contribution in [0.4, 0.5) is 5.69 Å².